The molecule has 0 saturated heterocycles. The number of aryl methyl sites for hydroxylation is 1. The monoisotopic (exact) mass is 204 g/mol. The number of rotatable bonds is 0. The molecule has 1 aromatic rings. The van der Waals surface area contributed by atoms with Crippen molar-refractivity contribution in [2.75, 3.05) is 0 Å². The first-order chi connectivity index (χ1) is 5.82. The highest BCUT2D eigenvalue weighted by atomic mass is 35.5. The van der Waals surface area contributed by atoms with Crippen LogP contribution in [0.15, 0.2) is 12.1 Å². The minimum absolute atomic E-state index is 0.0472. The lowest BCUT2D eigenvalue weighted by molar-refractivity contribution is -0.137. The van der Waals surface area contributed by atoms with Gasteiger partial charge in [-0.2, -0.15) is 13.2 Å². The van der Waals surface area contributed by atoms with Crippen molar-refractivity contribution in [3.8, 4) is 0 Å². The molecule has 0 amide bonds. The summed E-state index contributed by atoms with van der Waals surface area (Å²) >= 11 is 5.61. The van der Waals surface area contributed by atoms with Gasteiger partial charge in [0.15, 0.2) is 0 Å². The zero-order valence-corrected chi connectivity index (χ0v) is 7.50. The van der Waals surface area contributed by atoms with Crippen molar-refractivity contribution < 1.29 is 13.2 Å². The highest BCUT2D eigenvalue weighted by Crippen LogP contribution is 2.30. The molecule has 2 radical (unpaired) electrons. The topological polar surface area (TPSA) is 0 Å². The molecule has 5 heteroatoms. The molecule has 0 unspecified atom stereocenters. The fraction of sp³-hybridized carbons (Fsp3) is 0.250. The Morgan fingerprint density at radius 2 is 1.85 bits per heavy atom. The third kappa shape index (κ3) is 2.18. The van der Waals surface area contributed by atoms with Crippen molar-refractivity contribution in [1.82, 2.24) is 0 Å². The summed E-state index contributed by atoms with van der Waals surface area (Å²) in [5, 5.41) is 0.174. The van der Waals surface area contributed by atoms with Gasteiger partial charge in [0.25, 0.3) is 0 Å². The molecule has 0 nitrogen and oxygen atoms in total. The minimum atomic E-state index is -4.37. The van der Waals surface area contributed by atoms with Gasteiger partial charge < -0.3 is 0 Å². The molecule has 1 aromatic carbocycles. The second kappa shape index (κ2) is 3.26. The third-order valence-electron chi connectivity index (χ3n) is 1.61. The highest BCUT2D eigenvalue weighted by Gasteiger charge is 2.30. The van der Waals surface area contributed by atoms with E-state index in [4.69, 9.17) is 19.4 Å². The van der Waals surface area contributed by atoms with Gasteiger partial charge in [0.05, 0.1) is 5.56 Å². The van der Waals surface area contributed by atoms with Crippen molar-refractivity contribution in [2.24, 2.45) is 0 Å². The van der Waals surface area contributed by atoms with E-state index in [0.717, 1.165) is 12.1 Å². The lowest BCUT2D eigenvalue weighted by atomic mass is 9.92. The number of benzene rings is 1. The summed E-state index contributed by atoms with van der Waals surface area (Å²) in [4.78, 5) is 0. The Labute approximate surface area is 80.1 Å². The molecule has 0 saturated carbocycles. The van der Waals surface area contributed by atoms with Crippen LogP contribution in [0.3, 0.4) is 0 Å². The number of hydrogen-bond acceptors (Lipinski definition) is 0. The molecule has 0 fully saturated rings. The van der Waals surface area contributed by atoms with Crippen molar-refractivity contribution in [3.63, 3.8) is 0 Å². The van der Waals surface area contributed by atoms with Crippen LogP contribution >= 0.6 is 11.6 Å². The lowest BCUT2D eigenvalue weighted by Crippen LogP contribution is -2.13. The predicted molar refractivity (Wildman–Crippen MR) is 46.6 cm³/mol. The molecule has 0 aliphatic rings. The molecular weight excluding hydrogens is 199 g/mol. The zero-order valence-electron chi connectivity index (χ0n) is 6.74. The summed E-state index contributed by atoms with van der Waals surface area (Å²) in [5.74, 6) is 0. The molecule has 0 bridgehead atoms. The lowest BCUT2D eigenvalue weighted by Gasteiger charge is -2.10. The fourth-order valence-corrected chi connectivity index (χ4v) is 1.07. The van der Waals surface area contributed by atoms with E-state index in [-0.39, 0.29) is 10.5 Å². The second-order valence-electron chi connectivity index (χ2n) is 2.69. The van der Waals surface area contributed by atoms with E-state index >= 15 is 0 Å². The first kappa shape index (κ1) is 10.4. The van der Waals surface area contributed by atoms with E-state index in [1.54, 1.807) is 0 Å². The Bertz CT molecular complexity index is 310. The summed E-state index contributed by atoms with van der Waals surface area (Å²) in [7, 11) is 5.29. The Morgan fingerprint density at radius 1 is 1.31 bits per heavy atom. The van der Waals surface area contributed by atoms with Gasteiger partial charge in [-0.3, -0.25) is 0 Å². The molecule has 13 heavy (non-hydrogen) atoms. The van der Waals surface area contributed by atoms with E-state index in [1.165, 1.54) is 6.92 Å². The van der Waals surface area contributed by atoms with Crippen molar-refractivity contribution >= 4 is 24.9 Å². The minimum Gasteiger partial charge on any atom is -0.166 e. The van der Waals surface area contributed by atoms with Crippen LogP contribution in [0.5, 0.6) is 0 Å². The maximum Gasteiger partial charge on any atom is 0.416 e. The van der Waals surface area contributed by atoms with E-state index in [9.17, 15) is 13.2 Å². The summed E-state index contributed by atoms with van der Waals surface area (Å²) < 4.78 is 36.5. The van der Waals surface area contributed by atoms with Crippen LogP contribution in [-0.2, 0) is 6.18 Å². The smallest absolute Gasteiger partial charge is 0.166 e. The molecule has 68 valence electrons. The third-order valence-corrected chi connectivity index (χ3v) is 2.13. The van der Waals surface area contributed by atoms with Crippen LogP contribution in [0.1, 0.15) is 11.1 Å². The van der Waals surface area contributed by atoms with Gasteiger partial charge >= 0.3 is 6.18 Å². The molecule has 1 rings (SSSR count). The Morgan fingerprint density at radius 3 is 2.23 bits per heavy atom. The highest BCUT2D eigenvalue weighted by molar-refractivity contribution is 6.45. The summed E-state index contributed by atoms with van der Waals surface area (Å²) in [5.41, 5.74) is -0.491. The van der Waals surface area contributed by atoms with E-state index < -0.39 is 11.7 Å². The number of alkyl halides is 3. The van der Waals surface area contributed by atoms with E-state index in [1.807, 2.05) is 0 Å². The standard InChI is InChI=1S/C8H5BClF3/c1-4-2-5(8(11,12)13)3-6(9)7(4)10/h2-3H,1H3. The largest absolute Gasteiger partial charge is 0.416 e. The second-order valence-corrected chi connectivity index (χ2v) is 3.07. The van der Waals surface area contributed by atoms with Crippen LogP contribution in [0, 0.1) is 6.92 Å². The average molecular weight is 204 g/mol. The van der Waals surface area contributed by atoms with Gasteiger partial charge in [0, 0.05) is 5.02 Å². The van der Waals surface area contributed by atoms with Crippen LogP contribution < -0.4 is 5.46 Å². The predicted octanol–water partition coefficient (Wildman–Crippen LogP) is 2.46. The molecule has 0 aliphatic heterocycles. The van der Waals surface area contributed by atoms with Crippen molar-refractivity contribution in [1.29, 1.82) is 0 Å². The van der Waals surface area contributed by atoms with Gasteiger partial charge in [-0.1, -0.05) is 23.1 Å². The molecule has 0 heterocycles. The van der Waals surface area contributed by atoms with Crippen LogP contribution in [0.2, 0.25) is 5.02 Å². The molecule has 0 aliphatic carbocycles. The molecule has 0 N–H and O–H groups in total. The maximum atomic E-state index is 12.2. The molecule has 0 atom stereocenters. The fourth-order valence-electron chi connectivity index (χ4n) is 0.961. The van der Waals surface area contributed by atoms with Crippen LogP contribution in [0.25, 0.3) is 0 Å². The first-order valence-corrected chi connectivity index (χ1v) is 3.83. The first-order valence-electron chi connectivity index (χ1n) is 3.45. The number of hydrogen-bond donors (Lipinski definition) is 0. The van der Waals surface area contributed by atoms with Crippen LogP contribution in [-0.4, -0.2) is 7.85 Å². The Balaban J connectivity index is 3.29. The quantitative estimate of drug-likeness (QED) is 0.570. The molecule has 0 spiro atoms. The van der Waals surface area contributed by atoms with Gasteiger partial charge in [-0.05, 0) is 18.6 Å². The van der Waals surface area contributed by atoms with E-state index in [2.05, 4.69) is 0 Å². The Hall–Kier alpha value is -0.635. The van der Waals surface area contributed by atoms with Gasteiger partial charge in [0.2, 0.25) is 0 Å². The van der Waals surface area contributed by atoms with Crippen LogP contribution in [0.4, 0.5) is 13.2 Å². The van der Waals surface area contributed by atoms with Gasteiger partial charge in [0.1, 0.15) is 7.85 Å². The molecule has 0 aromatic heterocycles. The van der Waals surface area contributed by atoms with Crippen molar-refractivity contribution in [2.45, 2.75) is 13.1 Å². The average Bonchev–Trinajstić information content (AvgIpc) is 1.97. The maximum absolute atomic E-state index is 12.2. The molecular formula is C8H5BClF3. The van der Waals surface area contributed by atoms with Crippen molar-refractivity contribution in [3.05, 3.63) is 28.3 Å². The normalized spacial score (nSPS) is 11.8. The summed E-state index contributed by atoms with van der Waals surface area (Å²) in [6.45, 7) is 1.48. The van der Waals surface area contributed by atoms with Gasteiger partial charge in [-0.25, -0.2) is 0 Å². The van der Waals surface area contributed by atoms with Gasteiger partial charge in [-0.15, -0.1) is 0 Å². The summed E-state index contributed by atoms with van der Waals surface area (Å²) in [6, 6.07) is 1.80. The van der Waals surface area contributed by atoms with E-state index in [0.29, 0.717) is 5.56 Å². The summed E-state index contributed by atoms with van der Waals surface area (Å²) in [6.07, 6.45) is -4.37. The number of halogens is 4. The Kier molecular flexibility index (Phi) is 2.62. The SMILES string of the molecule is [B]c1cc(C(F)(F)F)cc(C)c1Cl. The zero-order chi connectivity index (χ0) is 10.2.